The molecule has 0 radical (unpaired) electrons. The van der Waals surface area contributed by atoms with Gasteiger partial charge in [0.15, 0.2) is 0 Å². The first-order chi connectivity index (χ1) is 13.0. The topological polar surface area (TPSA) is 63.2 Å². The van der Waals surface area contributed by atoms with E-state index >= 15 is 0 Å². The van der Waals surface area contributed by atoms with Crippen LogP contribution in [-0.4, -0.2) is 62.8 Å². The Morgan fingerprint density at radius 1 is 1.26 bits per heavy atom. The van der Waals surface area contributed by atoms with E-state index in [2.05, 4.69) is 29.1 Å². The smallest absolute Gasteiger partial charge is 0.292 e. The van der Waals surface area contributed by atoms with Crippen molar-refractivity contribution in [2.45, 2.75) is 39.7 Å². The number of amides is 1. The van der Waals surface area contributed by atoms with Crippen LogP contribution in [0.25, 0.3) is 0 Å². The van der Waals surface area contributed by atoms with Crippen molar-refractivity contribution in [2.75, 3.05) is 40.0 Å². The summed E-state index contributed by atoms with van der Waals surface area (Å²) in [6.07, 6.45) is 1.86. The normalized spacial score (nSPS) is 12.9. The van der Waals surface area contributed by atoms with Crippen LogP contribution in [0, 0.1) is 5.82 Å². The average molecular weight is 381 g/mol. The van der Waals surface area contributed by atoms with E-state index in [0.717, 1.165) is 32.5 Å². The molecule has 1 aromatic carbocycles. The Kier molecular flexibility index (Phi) is 11.3. The molecule has 0 heterocycles. The SMILES string of the molecule is CCN(CC)CCC[C@H](C)N=C(NC(=O)c1ccccc1F)OCCOC. The number of rotatable bonds is 11. The summed E-state index contributed by atoms with van der Waals surface area (Å²) >= 11 is 0. The number of carbonyl (C=O) groups is 1. The van der Waals surface area contributed by atoms with Gasteiger partial charge in [-0.25, -0.2) is 9.38 Å². The maximum absolute atomic E-state index is 13.8. The second-order valence-corrected chi connectivity index (χ2v) is 6.23. The summed E-state index contributed by atoms with van der Waals surface area (Å²) in [4.78, 5) is 19.1. The lowest BCUT2D eigenvalue weighted by Gasteiger charge is -2.18. The van der Waals surface area contributed by atoms with E-state index in [1.807, 2.05) is 6.92 Å². The summed E-state index contributed by atoms with van der Waals surface area (Å²) in [7, 11) is 1.56. The molecule has 1 amide bonds. The van der Waals surface area contributed by atoms with E-state index in [4.69, 9.17) is 9.47 Å². The number of hydrogen-bond donors (Lipinski definition) is 1. The Hall–Kier alpha value is -1.99. The average Bonchev–Trinajstić information content (AvgIpc) is 2.65. The number of nitrogens with zero attached hydrogens (tertiary/aromatic N) is 2. The Morgan fingerprint density at radius 2 is 1.96 bits per heavy atom. The molecule has 0 aliphatic heterocycles. The lowest BCUT2D eigenvalue weighted by Crippen LogP contribution is -2.34. The van der Waals surface area contributed by atoms with Gasteiger partial charge in [-0.05, 0) is 51.5 Å². The molecule has 0 bridgehead atoms. The molecule has 0 fully saturated rings. The summed E-state index contributed by atoms with van der Waals surface area (Å²) in [5.74, 6) is -1.17. The molecule has 1 atom stereocenters. The molecular formula is C20H32FN3O3. The van der Waals surface area contributed by atoms with E-state index < -0.39 is 11.7 Å². The number of aliphatic imine (C=N–C) groups is 1. The van der Waals surface area contributed by atoms with Crippen molar-refractivity contribution in [1.29, 1.82) is 0 Å². The van der Waals surface area contributed by atoms with Crippen LogP contribution in [0.15, 0.2) is 29.3 Å². The zero-order chi connectivity index (χ0) is 20.1. The lowest BCUT2D eigenvalue weighted by molar-refractivity contribution is 0.0949. The van der Waals surface area contributed by atoms with E-state index in [-0.39, 0.29) is 24.2 Å². The molecule has 0 aromatic heterocycles. The summed E-state index contributed by atoms with van der Waals surface area (Å²) < 4.78 is 24.3. The third kappa shape index (κ3) is 8.97. The van der Waals surface area contributed by atoms with E-state index in [0.29, 0.717) is 6.61 Å². The number of benzene rings is 1. The third-order valence-electron chi connectivity index (χ3n) is 4.19. The fraction of sp³-hybridized carbons (Fsp3) is 0.600. The number of halogens is 1. The standard InChI is InChI=1S/C20H32FN3O3/c1-5-24(6-2)13-9-10-16(3)22-20(27-15-14-26-4)23-19(25)17-11-7-8-12-18(17)21/h7-8,11-12,16H,5-6,9-10,13-15H2,1-4H3,(H,22,23,25)/t16-/m0/s1. The lowest BCUT2D eigenvalue weighted by atomic mass is 10.2. The highest BCUT2D eigenvalue weighted by Gasteiger charge is 2.15. The van der Waals surface area contributed by atoms with Gasteiger partial charge in [-0.1, -0.05) is 26.0 Å². The zero-order valence-electron chi connectivity index (χ0n) is 16.8. The first kappa shape index (κ1) is 23.0. The highest BCUT2D eigenvalue weighted by molar-refractivity contribution is 6.04. The van der Waals surface area contributed by atoms with Crippen LogP contribution in [0.1, 0.15) is 44.0 Å². The first-order valence-electron chi connectivity index (χ1n) is 9.49. The summed E-state index contributed by atoms with van der Waals surface area (Å²) in [6, 6.07) is 5.87. The Balaban J connectivity index is 2.69. The number of nitrogens with one attached hydrogen (secondary N) is 1. The van der Waals surface area contributed by atoms with Crippen LogP contribution in [0.5, 0.6) is 0 Å². The molecule has 0 aliphatic carbocycles. The van der Waals surface area contributed by atoms with Crippen molar-refractivity contribution < 1.29 is 18.7 Å². The van der Waals surface area contributed by atoms with E-state index in [9.17, 15) is 9.18 Å². The molecule has 1 rings (SSSR count). The zero-order valence-corrected chi connectivity index (χ0v) is 16.8. The van der Waals surface area contributed by atoms with Gasteiger partial charge in [0, 0.05) is 7.11 Å². The van der Waals surface area contributed by atoms with Gasteiger partial charge in [-0.3, -0.25) is 10.1 Å². The maximum atomic E-state index is 13.8. The largest absolute Gasteiger partial charge is 0.463 e. The molecular weight excluding hydrogens is 349 g/mol. The van der Waals surface area contributed by atoms with Crippen LogP contribution in [0.3, 0.4) is 0 Å². The van der Waals surface area contributed by atoms with Gasteiger partial charge in [-0.15, -0.1) is 0 Å². The van der Waals surface area contributed by atoms with Crippen molar-refractivity contribution >= 4 is 11.9 Å². The van der Waals surface area contributed by atoms with Gasteiger partial charge in [0.05, 0.1) is 18.2 Å². The number of methoxy groups -OCH3 is 1. The minimum atomic E-state index is -0.585. The molecule has 1 aromatic rings. The van der Waals surface area contributed by atoms with Gasteiger partial charge in [-0.2, -0.15) is 0 Å². The van der Waals surface area contributed by atoms with Crippen LogP contribution < -0.4 is 5.32 Å². The summed E-state index contributed by atoms with van der Waals surface area (Å²) in [6.45, 7) is 9.93. The Morgan fingerprint density at radius 3 is 2.59 bits per heavy atom. The van der Waals surface area contributed by atoms with Crippen LogP contribution in [0.2, 0.25) is 0 Å². The fourth-order valence-electron chi connectivity index (χ4n) is 2.55. The van der Waals surface area contributed by atoms with Gasteiger partial charge in [0.1, 0.15) is 12.4 Å². The van der Waals surface area contributed by atoms with Gasteiger partial charge in [0.2, 0.25) is 0 Å². The molecule has 0 spiro atoms. The highest BCUT2D eigenvalue weighted by atomic mass is 19.1. The number of carbonyl (C=O) groups excluding carboxylic acids is 1. The molecule has 27 heavy (non-hydrogen) atoms. The van der Waals surface area contributed by atoms with Crippen molar-refractivity contribution in [1.82, 2.24) is 10.2 Å². The van der Waals surface area contributed by atoms with Gasteiger partial charge < -0.3 is 14.4 Å². The second-order valence-electron chi connectivity index (χ2n) is 6.23. The predicted octanol–water partition coefficient (Wildman–Crippen LogP) is 3.09. The minimum absolute atomic E-state index is 0.0287. The fourth-order valence-corrected chi connectivity index (χ4v) is 2.55. The number of amidine groups is 1. The van der Waals surface area contributed by atoms with E-state index in [1.165, 1.54) is 18.2 Å². The quantitative estimate of drug-likeness (QED) is 0.363. The van der Waals surface area contributed by atoms with Crippen molar-refractivity contribution in [3.05, 3.63) is 35.6 Å². The first-order valence-corrected chi connectivity index (χ1v) is 9.49. The van der Waals surface area contributed by atoms with Crippen molar-refractivity contribution in [3.63, 3.8) is 0 Å². The summed E-state index contributed by atoms with van der Waals surface area (Å²) in [5.41, 5.74) is -0.0465. The van der Waals surface area contributed by atoms with Crippen molar-refractivity contribution in [2.24, 2.45) is 4.99 Å². The maximum Gasteiger partial charge on any atom is 0.292 e. The highest BCUT2D eigenvalue weighted by Crippen LogP contribution is 2.07. The van der Waals surface area contributed by atoms with Crippen LogP contribution in [-0.2, 0) is 9.47 Å². The second kappa shape index (κ2) is 13.2. The predicted molar refractivity (Wildman–Crippen MR) is 106 cm³/mol. The molecule has 0 saturated carbocycles. The van der Waals surface area contributed by atoms with Crippen LogP contribution in [0.4, 0.5) is 4.39 Å². The number of ether oxygens (including phenoxy) is 2. The van der Waals surface area contributed by atoms with Crippen molar-refractivity contribution in [3.8, 4) is 0 Å². The molecule has 0 aliphatic rings. The Bertz CT molecular complexity index is 592. The Labute approximate surface area is 161 Å². The van der Waals surface area contributed by atoms with E-state index in [1.54, 1.807) is 13.2 Å². The van der Waals surface area contributed by atoms with Crippen LogP contribution >= 0.6 is 0 Å². The monoisotopic (exact) mass is 381 g/mol. The molecule has 7 heteroatoms. The molecule has 1 N–H and O–H groups in total. The van der Waals surface area contributed by atoms with Gasteiger partial charge in [0.25, 0.3) is 11.9 Å². The molecule has 6 nitrogen and oxygen atoms in total. The number of hydrogen-bond acceptors (Lipinski definition) is 5. The molecule has 0 saturated heterocycles. The minimum Gasteiger partial charge on any atom is -0.463 e. The van der Waals surface area contributed by atoms with Gasteiger partial charge >= 0.3 is 0 Å². The summed E-state index contributed by atoms with van der Waals surface area (Å²) in [5, 5.41) is 2.57. The molecule has 152 valence electrons. The molecule has 0 unspecified atom stereocenters. The third-order valence-corrected chi connectivity index (χ3v) is 4.19.